The predicted molar refractivity (Wildman–Crippen MR) is 83.9 cm³/mol. The van der Waals surface area contributed by atoms with Gasteiger partial charge in [-0.2, -0.15) is 0 Å². The summed E-state index contributed by atoms with van der Waals surface area (Å²) in [5.74, 6) is 0.868. The number of hydrogen-bond donors (Lipinski definition) is 2. The van der Waals surface area contributed by atoms with E-state index in [-0.39, 0.29) is 18.2 Å². The molecular formula is C16H27N3O3. The highest BCUT2D eigenvalue weighted by Gasteiger charge is 2.26. The number of rotatable bonds is 6. The summed E-state index contributed by atoms with van der Waals surface area (Å²) in [6.45, 7) is 4.50. The van der Waals surface area contributed by atoms with Crippen molar-refractivity contribution in [1.29, 1.82) is 0 Å². The van der Waals surface area contributed by atoms with Crippen molar-refractivity contribution in [2.24, 2.45) is 0 Å². The average molecular weight is 309 g/mol. The minimum Gasteiger partial charge on any atom is -0.379 e. The molecule has 124 valence electrons. The van der Waals surface area contributed by atoms with E-state index >= 15 is 0 Å². The molecule has 1 fully saturated rings. The maximum atomic E-state index is 12.0. The predicted octanol–water partition coefficient (Wildman–Crippen LogP) is 2.48. The van der Waals surface area contributed by atoms with Crippen LogP contribution in [0.15, 0.2) is 4.52 Å². The van der Waals surface area contributed by atoms with Crippen LogP contribution in [-0.4, -0.2) is 37.0 Å². The molecule has 1 aliphatic carbocycles. The Labute approximate surface area is 132 Å². The van der Waals surface area contributed by atoms with Crippen LogP contribution in [-0.2, 0) is 11.2 Å². The molecule has 1 heterocycles. The SMILES string of the molecule is CO[C@@H]1CCCC[C@@H]1NC(=O)NCCCc1c(C)noc1C. The first-order chi connectivity index (χ1) is 10.6. The van der Waals surface area contributed by atoms with Gasteiger partial charge in [0, 0.05) is 19.2 Å². The van der Waals surface area contributed by atoms with E-state index in [4.69, 9.17) is 9.26 Å². The Balaban J connectivity index is 1.67. The van der Waals surface area contributed by atoms with Crippen LogP contribution >= 0.6 is 0 Å². The number of amides is 2. The van der Waals surface area contributed by atoms with Gasteiger partial charge in [0.15, 0.2) is 0 Å². The Hall–Kier alpha value is -1.56. The molecule has 0 unspecified atom stereocenters. The number of methoxy groups -OCH3 is 1. The van der Waals surface area contributed by atoms with Crippen LogP contribution in [0.2, 0.25) is 0 Å². The van der Waals surface area contributed by atoms with E-state index < -0.39 is 0 Å². The van der Waals surface area contributed by atoms with Crippen molar-refractivity contribution in [3.8, 4) is 0 Å². The largest absolute Gasteiger partial charge is 0.379 e. The van der Waals surface area contributed by atoms with E-state index in [0.717, 1.165) is 49.1 Å². The fourth-order valence-corrected chi connectivity index (χ4v) is 3.09. The summed E-state index contributed by atoms with van der Waals surface area (Å²) in [5, 5.41) is 9.89. The number of carbonyl (C=O) groups excluding carboxylic acids is 1. The van der Waals surface area contributed by atoms with Crippen molar-refractivity contribution < 1.29 is 14.1 Å². The molecule has 1 aromatic rings. The summed E-state index contributed by atoms with van der Waals surface area (Å²) < 4.78 is 10.6. The first kappa shape index (κ1) is 16.8. The Morgan fingerprint density at radius 2 is 2.14 bits per heavy atom. The highest BCUT2D eigenvalue weighted by atomic mass is 16.5. The third-order valence-electron chi connectivity index (χ3n) is 4.39. The molecule has 6 nitrogen and oxygen atoms in total. The highest BCUT2D eigenvalue weighted by Crippen LogP contribution is 2.20. The van der Waals surface area contributed by atoms with E-state index in [1.807, 2.05) is 13.8 Å². The minimum absolute atomic E-state index is 0.104. The number of aryl methyl sites for hydroxylation is 2. The minimum atomic E-state index is -0.104. The van der Waals surface area contributed by atoms with Crippen molar-refractivity contribution in [1.82, 2.24) is 15.8 Å². The van der Waals surface area contributed by atoms with Crippen molar-refractivity contribution in [3.63, 3.8) is 0 Å². The zero-order chi connectivity index (χ0) is 15.9. The van der Waals surface area contributed by atoms with Gasteiger partial charge in [0.05, 0.1) is 17.8 Å². The summed E-state index contributed by atoms with van der Waals surface area (Å²) in [6.07, 6.45) is 6.22. The van der Waals surface area contributed by atoms with Crippen LogP contribution < -0.4 is 10.6 Å². The van der Waals surface area contributed by atoms with E-state index in [2.05, 4.69) is 15.8 Å². The third kappa shape index (κ3) is 4.47. The molecular weight excluding hydrogens is 282 g/mol. The molecule has 0 aromatic carbocycles. The van der Waals surface area contributed by atoms with Crippen molar-refractivity contribution in [3.05, 3.63) is 17.0 Å². The standard InChI is InChI=1S/C16H27N3O3/c1-11-13(12(2)22-19-11)7-6-10-17-16(20)18-14-8-4-5-9-15(14)21-3/h14-15H,4-10H2,1-3H3,(H2,17,18,20)/t14-,15+/m0/s1. The van der Waals surface area contributed by atoms with E-state index in [1.54, 1.807) is 7.11 Å². The van der Waals surface area contributed by atoms with Gasteiger partial charge in [-0.15, -0.1) is 0 Å². The highest BCUT2D eigenvalue weighted by molar-refractivity contribution is 5.74. The fraction of sp³-hybridized carbons (Fsp3) is 0.750. The van der Waals surface area contributed by atoms with Gasteiger partial charge in [0.25, 0.3) is 0 Å². The van der Waals surface area contributed by atoms with Gasteiger partial charge in [0.2, 0.25) is 0 Å². The van der Waals surface area contributed by atoms with Gasteiger partial charge in [-0.25, -0.2) is 4.79 Å². The Bertz CT molecular complexity index is 467. The summed E-state index contributed by atoms with van der Waals surface area (Å²) in [4.78, 5) is 12.0. The van der Waals surface area contributed by atoms with Gasteiger partial charge in [0.1, 0.15) is 5.76 Å². The smallest absolute Gasteiger partial charge is 0.315 e. The molecule has 2 atom stereocenters. The topological polar surface area (TPSA) is 76.4 Å². The summed E-state index contributed by atoms with van der Waals surface area (Å²) in [6, 6.07) is 0.0222. The van der Waals surface area contributed by atoms with Crippen LogP contribution in [0.25, 0.3) is 0 Å². The molecule has 1 aromatic heterocycles. The van der Waals surface area contributed by atoms with Crippen LogP contribution in [0.1, 0.15) is 49.1 Å². The zero-order valence-corrected chi connectivity index (χ0v) is 13.8. The second-order valence-electron chi connectivity index (χ2n) is 5.97. The number of aromatic nitrogens is 1. The quantitative estimate of drug-likeness (QED) is 0.792. The maximum absolute atomic E-state index is 12.0. The van der Waals surface area contributed by atoms with E-state index in [1.165, 1.54) is 6.42 Å². The molecule has 6 heteroatoms. The normalized spacial score (nSPS) is 21.6. The number of nitrogens with zero attached hydrogens (tertiary/aromatic N) is 1. The number of hydrogen-bond acceptors (Lipinski definition) is 4. The Morgan fingerprint density at radius 1 is 1.36 bits per heavy atom. The van der Waals surface area contributed by atoms with Crippen LogP contribution in [0, 0.1) is 13.8 Å². The monoisotopic (exact) mass is 309 g/mol. The Kier molecular flexibility index (Phi) is 6.24. The molecule has 0 bridgehead atoms. The number of nitrogens with one attached hydrogen (secondary N) is 2. The van der Waals surface area contributed by atoms with Gasteiger partial charge >= 0.3 is 6.03 Å². The first-order valence-corrected chi connectivity index (χ1v) is 8.10. The van der Waals surface area contributed by atoms with E-state index in [9.17, 15) is 4.79 Å². The molecule has 1 saturated carbocycles. The second-order valence-corrected chi connectivity index (χ2v) is 5.97. The fourth-order valence-electron chi connectivity index (χ4n) is 3.09. The molecule has 0 radical (unpaired) electrons. The molecule has 0 spiro atoms. The van der Waals surface area contributed by atoms with Crippen molar-refractivity contribution in [2.75, 3.05) is 13.7 Å². The molecule has 2 rings (SSSR count). The van der Waals surface area contributed by atoms with Crippen molar-refractivity contribution in [2.45, 2.75) is 64.5 Å². The molecule has 2 N–H and O–H groups in total. The third-order valence-corrected chi connectivity index (χ3v) is 4.39. The molecule has 0 aliphatic heterocycles. The molecule has 1 aliphatic rings. The number of ether oxygens (including phenoxy) is 1. The number of carbonyl (C=O) groups is 1. The number of urea groups is 1. The maximum Gasteiger partial charge on any atom is 0.315 e. The summed E-state index contributed by atoms with van der Waals surface area (Å²) >= 11 is 0. The van der Waals surface area contributed by atoms with Crippen LogP contribution in [0.3, 0.4) is 0 Å². The first-order valence-electron chi connectivity index (χ1n) is 8.10. The zero-order valence-electron chi connectivity index (χ0n) is 13.8. The lowest BCUT2D eigenvalue weighted by molar-refractivity contribution is 0.0452. The van der Waals surface area contributed by atoms with Gasteiger partial charge in [-0.3, -0.25) is 0 Å². The lowest BCUT2D eigenvalue weighted by Gasteiger charge is -2.31. The van der Waals surface area contributed by atoms with Crippen LogP contribution in [0.4, 0.5) is 4.79 Å². The average Bonchev–Trinajstić information content (AvgIpc) is 2.83. The van der Waals surface area contributed by atoms with Crippen molar-refractivity contribution >= 4 is 6.03 Å². The summed E-state index contributed by atoms with van der Waals surface area (Å²) in [7, 11) is 1.71. The van der Waals surface area contributed by atoms with Gasteiger partial charge in [-0.1, -0.05) is 18.0 Å². The molecule has 22 heavy (non-hydrogen) atoms. The molecule has 2 amide bonds. The lowest BCUT2D eigenvalue weighted by Crippen LogP contribution is -2.49. The van der Waals surface area contributed by atoms with Crippen LogP contribution in [0.5, 0.6) is 0 Å². The van der Waals surface area contributed by atoms with Gasteiger partial charge in [-0.05, 0) is 39.5 Å². The lowest BCUT2D eigenvalue weighted by atomic mass is 9.92. The molecule has 0 saturated heterocycles. The van der Waals surface area contributed by atoms with Gasteiger partial charge < -0.3 is 19.9 Å². The van der Waals surface area contributed by atoms with E-state index in [0.29, 0.717) is 6.54 Å². The second kappa shape index (κ2) is 8.17. The summed E-state index contributed by atoms with van der Waals surface area (Å²) in [5.41, 5.74) is 2.08. The Morgan fingerprint density at radius 3 is 2.82 bits per heavy atom.